The highest BCUT2D eigenvalue weighted by Gasteiger charge is 2.33. The maximum absolute atomic E-state index is 11.8. The van der Waals surface area contributed by atoms with E-state index in [0.717, 1.165) is 29.8 Å². The van der Waals surface area contributed by atoms with Gasteiger partial charge in [-0.25, -0.2) is 0 Å². The molecule has 3 heteroatoms. The SMILES string of the molecule is Cc1cc(Cl)ccc1CC(Br)C(=O)C1CC1. The molecule has 0 N–H and O–H groups in total. The van der Waals surface area contributed by atoms with E-state index in [2.05, 4.69) is 15.9 Å². The Morgan fingerprint density at radius 2 is 2.25 bits per heavy atom. The molecule has 86 valence electrons. The number of aryl methyl sites for hydroxylation is 1. The van der Waals surface area contributed by atoms with Crippen LogP contribution in [0.3, 0.4) is 0 Å². The Labute approximate surface area is 109 Å². The van der Waals surface area contributed by atoms with Gasteiger partial charge in [-0.3, -0.25) is 4.79 Å². The summed E-state index contributed by atoms with van der Waals surface area (Å²) in [4.78, 5) is 11.8. The standard InChI is InChI=1S/C13H14BrClO/c1-8-6-11(15)5-4-10(8)7-12(14)13(16)9-2-3-9/h4-6,9,12H,2-3,7H2,1H3. The van der Waals surface area contributed by atoms with E-state index in [9.17, 15) is 4.79 Å². The van der Waals surface area contributed by atoms with Gasteiger partial charge in [-0.15, -0.1) is 0 Å². The summed E-state index contributed by atoms with van der Waals surface area (Å²) in [6, 6.07) is 5.83. The van der Waals surface area contributed by atoms with E-state index in [4.69, 9.17) is 11.6 Å². The van der Waals surface area contributed by atoms with E-state index >= 15 is 0 Å². The smallest absolute Gasteiger partial charge is 0.149 e. The summed E-state index contributed by atoms with van der Waals surface area (Å²) in [5.74, 6) is 0.673. The largest absolute Gasteiger partial charge is 0.298 e. The van der Waals surface area contributed by atoms with Crippen molar-refractivity contribution in [2.45, 2.75) is 31.0 Å². The van der Waals surface area contributed by atoms with E-state index in [0.29, 0.717) is 11.7 Å². The molecule has 1 aliphatic rings. The van der Waals surface area contributed by atoms with Gasteiger partial charge >= 0.3 is 0 Å². The van der Waals surface area contributed by atoms with Gasteiger partial charge < -0.3 is 0 Å². The van der Waals surface area contributed by atoms with Gasteiger partial charge in [-0.2, -0.15) is 0 Å². The van der Waals surface area contributed by atoms with Crippen molar-refractivity contribution in [3.05, 3.63) is 34.3 Å². The van der Waals surface area contributed by atoms with Crippen molar-refractivity contribution in [3.63, 3.8) is 0 Å². The summed E-state index contributed by atoms with van der Waals surface area (Å²) in [6.07, 6.45) is 2.90. The molecule has 0 aromatic heterocycles. The lowest BCUT2D eigenvalue weighted by atomic mass is 10.0. The summed E-state index contributed by atoms with van der Waals surface area (Å²) in [7, 11) is 0. The van der Waals surface area contributed by atoms with E-state index in [1.807, 2.05) is 25.1 Å². The van der Waals surface area contributed by atoms with Gasteiger partial charge in [-0.1, -0.05) is 33.6 Å². The first-order valence-corrected chi connectivity index (χ1v) is 6.80. The monoisotopic (exact) mass is 300 g/mol. The van der Waals surface area contributed by atoms with Crippen LogP contribution in [0.1, 0.15) is 24.0 Å². The van der Waals surface area contributed by atoms with Crippen LogP contribution in [0.25, 0.3) is 0 Å². The Morgan fingerprint density at radius 1 is 1.56 bits per heavy atom. The van der Waals surface area contributed by atoms with Gasteiger partial charge in [0, 0.05) is 10.9 Å². The fourth-order valence-corrected chi connectivity index (χ4v) is 2.75. The molecule has 0 bridgehead atoms. The van der Waals surface area contributed by atoms with E-state index in [1.54, 1.807) is 0 Å². The Hall–Kier alpha value is -0.340. The number of rotatable bonds is 4. The molecule has 1 aromatic carbocycles. The molecule has 0 saturated heterocycles. The third-order valence-electron chi connectivity index (χ3n) is 2.99. The topological polar surface area (TPSA) is 17.1 Å². The van der Waals surface area contributed by atoms with Gasteiger partial charge in [0.15, 0.2) is 0 Å². The summed E-state index contributed by atoms with van der Waals surface area (Å²) in [6.45, 7) is 2.03. The van der Waals surface area contributed by atoms with Gasteiger partial charge in [0.05, 0.1) is 4.83 Å². The number of alkyl halides is 1. The number of ketones is 1. The van der Waals surface area contributed by atoms with Crippen LogP contribution >= 0.6 is 27.5 Å². The van der Waals surface area contributed by atoms with Gasteiger partial charge in [0.2, 0.25) is 0 Å². The summed E-state index contributed by atoms with van der Waals surface area (Å²) in [5, 5.41) is 0.751. The number of Topliss-reactive ketones (excluding diaryl/α,β-unsaturated/α-hetero) is 1. The molecule has 16 heavy (non-hydrogen) atoms. The zero-order valence-electron chi connectivity index (χ0n) is 9.17. The van der Waals surface area contributed by atoms with Crippen molar-refractivity contribution in [2.75, 3.05) is 0 Å². The molecule has 2 rings (SSSR count). The first-order valence-electron chi connectivity index (χ1n) is 5.51. The zero-order chi connectivity index (χ0) is 11.7. The third-order valence-corrected chi connectivity index (χ3v) is 4.00. The third kappa shape index (κ3) is 2.86. The minimum atomic E-state index is -0.0418. The van der Waals surface area contributed by atoms with Crippen LogP contribution in [-0.2, 0) is 11.2 Å². The molecule has 0 spiro atoms. The average molecular weight is 302 g/mol. The van der Waals surface area contributed by atoms with Crippen molar-refractivity contribution in [3.8, 4) is 0 Å². The second-order valence-corrected chi connectivity index (χ2v) is 5.96. The average Bonchev–Trinajstić information content (AvgIpc) is 3.04. The fraction of sp³-hybridized carbons (Fsp3) is 0.462. The molecule has 1 nitrogen and oxygen atoms in total. The molecule has 1 saturated carbocycles. The van der Waals surface area contributed by atoms with Crippen LogP contribution in [0.2, 0.25) is 5.02 Å². The number of carbonyl (C=O) groups is 1. The molecular weight excluding hydrogens is 287 g/mol. The predicted molar refractivity (Wildman–Crippen MR) is 70.3 cm³/mol. The van der Waals surface area contributed by atoms with Gasteiger partial charge in [-0.05, 0) is 49.4 Å². The number of carbonyl (C=O) groups excluding carboxylic acids is 1. The van der Waals surface area contributed by atoms with Crippen molar-refractivity contribution in [1.82, 2.24) is 0 Å². The molecule has 1 aromatic rings. The molecular formula is C13H14BrClO. The van der Waals surface area contributed by atoms with E-state index in [-0.39, 0.29) is 4.83 Å². The molecule has 1 unspecified atom stereocenters. The Bertz CT molecular complexity index is 412. The Morgan fingerprint density at radius 3 is 2.81 bits per heavy atom. The first kappa shape index (κ1) is 12.1. The summed E-state index contributed by atoms with van der Waals surface area (Å²) in [5.41, 5.74) is 2.35. The van der Waals surface area contributed by atoms with Crippen molar-refractivity contribution >= 4 is 33.3 Å². The summed E-state index contributed by atoms with van der Waals surface area (Å²) < 4.78 is 0. The van der Waals surface area contributed by atoms with Crippen LogP contribution in [0.15, 0.2) is 18.2 Å². The highest BCUT2D eigenvalue weighted by Crippen LogP contribution is 2.33. The lowest BCUT2D eigenvalue weighted by molar-refractivity contribution is -0.119. The molecule has 0 amide bonds. The molecule has 0 aliphatic heterocycles. The minimum Gasteiger partial charge on any atom is -0.298 e. The number of hydrogen-bond donors (Lipinski definition) is 0. The first-order chi connectivity index (χ1) is 7.58. The minimum absolute atomic E-state index is 0.0418. The molecule has 0 radical (unpaired) electrons. The van der Waals surface area contributed by atoms with Crippen molar-refractivity contribution in [2.24, 2.45) is 5.92 Å². The van der Waals surface area contributed by atoms with Crippen LogP contribution in [0.4, 0.5) is 0 Å². The molecule has 1 atom stereocenters. The van der Waals surface area contributed by atoms with Crippen LogP contribution in [0, 0.1) is 12.8 Å². The second-order valence-electron chi connectivity index (χ2n) is 4.42. The predicted octanol–water partition coefficient (Wildman–Crippen LogP) is 3.93. The second kappa shape index (κ2) is 4.89. The van der Waals surface area contributed by atoms with Gasteiger partial charge in [0.25, 0.3) is 0 Å². The normalized spacial score (nSPS) is 17.2. The highest BCUT2D eigenvalue weighted by molar-refractivity contribution is 9.10. The zero-order valence-corrected chi connectivity index (χ0v) is 11.5. The van der Waals surface area contributed by atoms with Gasteiger partial charge in [0.1, 0.15) is 5.78 Å². The molecule has 1 aliphatic carbocycles. The maximum atomic E-state index is 11.8. The molecule has 1 fully saturated rings. The van der Waals surface area contributed by atoms with Crippen molar-refractivity contribution in [1.29, 1.82) is 0 Å². The maximum Gasteiger partial charge on any atom is 0.149 e. The lowest BCUT2D eigenvalue weighted by Crippen LogP contribution is -2.18. The highest BCUT2D eigenvalue weighted by atomic mass is 79.9. The fourth-order valence-electron chi connectivity index (χ4n) is 1.81. The van der Waals surface area contributed by atoms with Crippen molar-refractivity contribution < 1.29 is 4.79 Å². The number of benzene rings is 1. The number of halogens is 2. The summed E-state index contributed by atoms with van der Waals surface area (Å²) >= 11 is 9.39. The molecule has 0 heterocycles. The van der Waals surface area contributed by atoms with Crippen LogP contribution < -0.4 is 0 Å². The Balaban J connectivity index is 2.05. The Kier molecular flexibility index (Phi) is 3.70. The lowest BCUT2D eigenvalue weighted by Gasteiger charge is -2.10. The van der Waals surface area contributed by atoms with Crippen LogP contribution in [0.5, 0.6) is 0 Å². The quantitative estimate of drug-likeness (QED) is 0.770. The van der Waals surface area contributed by atoms with E-state index < -0.39 is 0 Å². The number of hydrogen-bond acceptors (Lipinski definition) is 1. The van der Waals surface area contributed by atoms with Crippen LogP contribution in [-0.4, -0.2) is 10.6 Å². The van der Waals surface area contributed by atoms with E-state index in [1.165, 1.54) is 5.56 Å².